The van der Waals surface area contributed by atoms with Gasteiger partial charge in [0, 0.05) is 0 Å². The predicted molar refractivity (Wildman–Crippen MR) is 26.2 cm³/mol. The fraction of sp³-hybridized carbons (Fsp3) is 1.00. The van der Waals surface area contributed by atoms with Gasteiger partial charge in [-0.1, -0.05) is 28.3 Å². The summed E-state index contributed by atoms with van der Waals surface area (Å²) in [5, 5.41) is 0. The van der Waals surface area contributed by atoms with Crippen LogP contribution in [0.3, 0.4) is 0 Å². The summed E-state index contributed by atoms with van der Waals surface area (Å²) in [5.74, 6) is 0. The second-order valence-corrected chi connectivity index (χ2v) is 0.192. The van der Waals surface area contributed by atoms with Gasteiger partial charge in [0.2, 0.25) is 0 Å². The fourth-order valence-corrected chi connectivity index (χ4v) is 0. The lowest BCUT2D eigenvalue weighted by Crippen LogP contribution is -1.72. The van der Waals surface area contributed by atoms with Crippen molar-refractivity contribution in [2.45, 2.75) is 14.9 Å². The van der Waals surface area contributed by atoms with Gasteiger partial charge in [-0.3, -0.25) is 4.70 Å². The Bertz CT molecular complexity index is 16.8. The summed E-state index contributed by atoms with van der Waals surface area (Å²) < 4.78 is 28.5. The molecule has 0 saturated heterocycles. The number of halogens is 4. The third-order valence-electron chi connectivity index (χ3n) is 0. The molecule has 2 nitrogen and oxygen atoms in total. The van der Waals surface area contributed by atoms with Crippen LogP contribution in [-0.4, -0.2) is 5.57 Å². The normalized spacial score (nSPS) is 4.50. The average Bonchev–Trinajstić information content (AvgIpc) is 0.811. The average molecular weight is 140 g/mol. The van der Waals surface area contributed by atoms with Crippen molar-refractivity contribution in [1.82, 2.24) is 11.7 Å². The van der Waals surface area contributed by atoms with E-state index in [9.17, 15) is 13.4 Å². The Hall–Kier alpha value is -0.360. The topological polar surface area (TPSA) is 38.2 Å². The largest absolute Gasteiger partial charge is 0.344 e. The van der Waals surface area contributed by atoms with Gasteiger partial charge in [-0.2, -0.15) is 0 Å². The van der Waals surface area contributed by atoms with Crippen LogP contribution < -0.4 is 6.15 Å². The molecule has 0 rings (SSSR count). The van der Waals surface area contributed by atoms with Gasteiger partial charge in [-0.25, -0.2) is 0 Å². The van der Waals surface area contributed by atoms with E-state index in [2.05, 4.69) is 0 Å². The minimum absolute atomic E-state index is 0. The third-order valence-corrected chi connectivity index (χ3v) is 0. The number of nitrogens with zero attached hydrogens (tertiary/aromatic N) is 1. The Morgan fingerprint density at radius 2 is 0.875 bits per heavy atom. The molecule has 0 aliphatic heterocycles. The number of hydrogen-bond acceptors (Lipinski definition) is 2. The highest BCUT2D eigenvalue weighted by Gasteiger charge is 1.80. The van der Waals surface area contributed by atoms with Crippen molar-refractivity contribution in [2.24, 2.45) is 0 Å². The van der Waals surface area contributed by atoms with Crippen LogP contribution in [0.25, 0.3) is 0 Å². The van der Waals surface area contributed by atoms with Crippen LogP contribution in [0.1, 0.15) is 14.9 Å². The zero-order valence-corrected chi connectivity index (χ0v) is 2.70. The Balaban J connectivity index is -0.00000000750. The minimum atomic E-state index is -2.50. The first-order valence-corrected chi connectivity index (χ1v) is 0.507. The molecular weight excluding hydrogens is 128 g/mol. The lowest BCUT2D eigenvalue weighted by atomic mass is 12.0. The van der Waals surface area contributed by atoms with Crippen LogP contribution in [0.15, 0.2) is 0 Å². The van der Waals surface area contributed by atoms with Gasteiger partial charge in [0.05, 0.1) is 0 Å². The summed E-state index contributed by atoms with van der Waals surface area (Å²) in [6.45, 7) is 0. The lowest BCUT2D eigenvalue weighted by Gasteiger charge is -1.67. The van der Waals surface area contributed by atoms with Crippen LogP contribution in [0, 0.1) is 0 Å². The molecule has 3 N–H and O–H groups in total. The van der Waals surface area contributed by atoms with E-state index in [1.54, 1.807) is 0 Å². The molecule has 0 unspecified atom stereocenters. The van der Waals surface area contributed by atoms with E-state index in [0.717, 1.165) is 0 Å². The van der Waals surface area contributed by atoms with Crippen molar-refractivity contribution >= 4 is 0 Å². The Morgan fingerprint density at radius 3 is 0.875 bits per heavy atom. The van der Waals surface area contributed by atoms with Crippen LogP contribution in [0.2, 0.25) is 0 Å². The molecule has 0 aliphatic carbocycles. The molecule has 0 atom stereocenters. The second-order valence-electron chi connectivity index (χ2n) is 0.192. The lowest BCUT2D eigenvalue weighted by molar-refractivity contribution is -0.295. The van der Waals surface area contributed by atoms with Gasteiger partial charge < -0.3 is 6.15 Å². The quantitative estimate of drug-likeness (QED) is 0.414. The van der Waals surface area contributed by atoms with Crippen molar-refractivity contribution in [3.63, 3.8) is 0 Å². The van der Waals surface area contributed by atoms with E-state index in [1.807, 2.05) is 0 Å². The summed E-state index contributed by atoms with van der Waals surface area (Å²) in [6.07, 6.45) is 0. The maximum Gasteiger partial charge on any atom is 0.199 e. The molecule has 0 amide bonds. The Morgan fingerprint density at radius 1 is 0.875 bits per heavy atom. The molecule has 6 heteroatoms. The first kappa shape index (κ1) is 48.3. The molecule has 8 heavy (non-hydrogen) atoms. The molecule has 0 aromatic heterocycles. The van der Waals surface area contributed by atoms with E-state index >= 15 is 0 Å². The second kappa shape index (κ2) is 30.3. The molecule has 0 saturated carbocycles. The number of hydrogen-bond donors (Lipinski definition) is 1. The van der Waals surface area contributed by atoms with Gasteiger partial charge in [-0.05, 0) is 0 Å². The molecule has 0 bridgehead atoms. The highest BCUT2D eigenvalue weighted by atomic mass is 19.5. The summed E-state index contributed by atoms with van der Waals surface area (Å²) in [6, 6.07) is 0. The number of rotatable bonds is 0. The third kappa shape index (κ3) is 937. The fourth-order valence-electron chi connectivity index (χ4n) is 0. The molecule has 0 spiro atoms. The summed E-state index contributed by atoms with van der Waals surface area (Å²) >= 11 is 0. The van der Waals surface area contributed by atoms with Crippen molar-refractivity contribution in [2.75, 3.05) is 0 Å². The molecule has 0 heterocycles. The first-order valence-electron chi connectivity index (χ1n) is 0.507. The highest BCUT2D eigenvalue weighted by molar-refractivity contribution is 3.24. The standard InChI is InChI=1S/2CH4.F3N.FH.H3N/c;;1-4(2)3;;/h2*1H4;;1H;1H3. The van der Waals surface area contributed by atoms with E-state index in [4.69, 9.17) is 0 Å². The van der Waals surface area contributed by atoms with E-state index in [0.29, 0.717) is 0 Å². The first-order chi connectivity index (χ1) is 1.73. The Kier molecular flexibility index (Phi) is 183. The van der Waals surface area contributed by atoms with E-state index in [1.165, 1.54) is 0 Å². The van der Waals surface area contributed by atoms with Crippen LogP contribution in [0.5, 0.6) is 0 Å². The predicted octanol–water partition coefficient (Wildman–Crippen LogP) is 2.53. The minimum Gasteiger partial charge on any atom is -0.344 e. The van der Waals surface area contributed by atoms with Crippen molar-refractivity contribution in [1.29, 1.82) is 0 Å². The van der Waals surface area contributed by atoms with Crippen LogP contribution >= 0.6 is 0 Å². The smallest absolute Gasteiger partial charge is 0.199 e. The monoisotopic (exact) mass is 140 g/mol. The van der Waals surface area contributed by atoms with Gasteiger partial charge in [-0.15, -0.1) is 0 Å². The van der Waals surface area contributed by atoms with Gasteiger partial charge in [0.15, 0.2) is 5.57 Å². The molecule has 0 aromatic carbocycles. The SMILES string of the molecule is C.C.F.FN(F)F.N. The van der Waals surface area contributed by atoms with Gasteiger partial charge in [0.25, 0.3) is 0 Å². The van der Waals surface area contributed by atoms with E-state index < -0.39 is 5.57 Å². The van der Waals surface area contributed by atoms with Crippen molar-refractivity contribution in [3.05, 3.63) is 0 Å². The molecule has 0 radical (unpaired) electrons. The maximum atomic E-state index is 9.50. The summed E-state index contributed by atoms with van der Waals surface area (Å²) in [7, 11) is 0. The molecule has 0 fully saturated rings. The summed E-state index contributed by atoms with van der Waals surface area (Å²) in [5.41, 5.74) is -2.50. The van der Waals surface area contributed by atoms with Crippen LogP contribution in [-0.2, 0) is 0 Å². The van der Waals surface area contributed by atoms with Crippen LogP contribution in [0.4, 0.5) is 18.1 Å². The van der Waals surface area contributed by atoms with E-state index in [-0.39, 0.29) is 25.7 Å². The van der Waals surface area contributed by atoms with Gasteiger partial charge >= 0.3 is 0 Å². The molecule has 0 aliphatic rings. The van der Waals surface area contributed by atoms with Crippen molar-refractivity contribution < 1.29 is 18.1 Å². The maximum absolute atomic E-state index is 9.50. The summed E-state index contributed by atoms with van der Waals surface area (Å²) in [4.78, 5) is 0. The molecule has 0 aromatic rings. The molecule has 58 valence electrons. The highest BCUT2D eigenvalue weighted by Crippen LogP contribution is 1.82. The molecular formula is C2H12F4N2. The van der Waals surface area contributed by atoms with Gasteiger partial charge in [0.1, 0.15) is 0 Å². The Labute approximate surface area is 46.0 Å². The zero-order chi connectivity index (χ0) is 3.58. The van der Waals surface area contributed by atoms with Crippen molar-refractivity contribution in [3.8, 4) is 0 Å². The zero-order valence-electron chi connectivity index (χ0n) is 2.70.